The molecule has 2 nitrogen and oxygen atoms in total. The average Bonchev–Trinajstić information content (AvgIpc) is 2.75. The molecule has 0 bridgehead atoms. The van der Waals surface area contributed by atoms with Crippen molar-refractivity contribution < 1.29 is 4.79 Å². The number of Topliss-reactive ketones (excluding diaryl/α,β-unsaturated/α-hetero) is 1. The Balaban J connectivity index is 1.93. The summed E-state index contributed by atoms with van der Waals surface area (Å²) in [4.78, 5) is 12.6. The minimum absolute atomic E-state index is 0.0559. The van der Waals surface area contributed by atoms with E-state index in [-0.39, 0.29) is 5.78 Å². The molecule has 0 saturated carbocycles. The Labute approximate surface area is 117 Å². The predicted molar refractivity (Wildman–Crippen MR) is 77.7 cm³/mol. The molecule has 0 aromatic heterocycles. The van der Waals surface area contributed by atoms with E-state index < -0.39 is 5.54 Å². The van der Waals surface area contributed by atoms with Gasteiger partial charge < -0.3 is 5.32 Å². The second-order valence-corrected chi connectivity index (χ2v) is 5.33. The van der Waals surface area contributed by atoms with Crippen molar-refractivity contribution in [2.75, 3.05) is 5.32 Å². The van der Waals surface area contributed by atoms with Crippen LogP contribution in [0.2, 0.25) is 5.02 Å². The van der Waals surface area contributed by atoms with Crippen molar-refractivity contribution in [3.8, 4) is 0 Å². The van der Waals surface area contributed by atoms with E-state index in [9.17, 15) is 4.79 Å². The van der Waals surface area contributed by atoms with E-state index in [2.05, 4.69) is 5.32 Å². The molecule has 3 rings (SSSR count). The first kappa shape index (κ1) is 12.2. The maximum Gasteiger partial charge on any atom is 0.188 e. The van der Waals surface area contributed by atoms with Crippen LogP contribution in [0.3, 0.4) is 0 Å². The van der Waals surface area contributed by atoms with Gasteiger partial charge in [0.25, 0.3) is 0 Å². The molecular formula is C16H13ClNO. The van der Waals surface area contributed by atoms with Gasteiger partial charge in [-0.05, 0) is 24.6 Å². The maximum atomic E-state index is 12.6. The molecule has 2 aromatic carbocycles. The summed E-state index contributed by atoms with van der Waals surface area (Å²) in [6, 6.07) is 14.9. The molecule has 1 radical (unpaired) electrons. The van der Waals surface area contributed by atoms with Crippen LogP contribution in [0, 0.1) is 6.42 Å². The van der Waals surface area contributed by atoms with Crippen LogP contribution in [0.1, 0.15) is 22.8 Å². The van der Waals surface area contributed by atoms with Gasteiger partial charge in [-0.3, -0.25) is 4.79 Å². The molecule has 1 atom stereocenters. The number of carbonyl (C=O) groups excluding carboxylic acids is 1. The van der Waals surface area contributed by atoms with E-state index >= 15 is 0 Å². The van der Waals surface area contributed by atoms with Crippen molar-refractivity contribution in [3.05, 3.63) is 71.1 Å². The van der Waals surface area contributed by atoms with Gasteiger partial charge in [-0.25, -0.2) is 0 Å². The fourth-order valence-electron chi connectivity index (χ4n) is 2.40. The minimum atomic E-state index is -0.714. The molecule has 19 heavy (non-hydrogen) atoms. The van der Waals surface area contributed by atoms with Crippen LogP contribution in [0.15, 0.2) is 48.5 Å². The van der Waals surface area contributed by atoms with Crippen molar-refractivity contribution in [3.63, 3.8) is 0 Å². The summed E-state index contributed by atoms with van der Waals surface area (Å²) < 4.78 is 0. The maximum absolute atomic E-state index is 12.6. The average molecular weight is 271 g/mol. The Morgan fingerprint density at radius 2 is 1.89 bits per heavy atom. The number of halogens is 1. The minimum Gasteiger partial charge on any atom is -0.372 e. The lowest BCUT2D eigenvalue weighted by atomic mass is 9.88. The molecule has 1 aliphatic heterocycles. The summed E-state index contributed by atoms with van der Waals surface area (Å²) >= 11 is 5.97. The fourth-order valence-corrected chi connectivity index (χ4v) is 2.57. The third kappa shape index (κ3) is 2.13. The number of rotatable bonds is 2. The molecule has 0 aliphatic carbocycles. The lowest BCUT2D eigenvalue weighted by molar-refractivity contribution is 0.0938. The summed E-state index contributed by atoms with van der Waals surface area (Å²) in [7, 11) is 0. The van der Waals surface area contributed by atoms with Gasteiger partial charge in [-0.2, -0.15) is 0 Å². The molecule has 0 amide bonds. The van der Waals surface area contributed by atoms with E-state index in [4.69, 9.17) is 11.6 Å². The van der Waals surface area contributed by atoms with Gasteiger partial charge in [0.2, 0.25) is 0 Å². The molecule has 0 saturated heterocycles. The molecule has 1 N–H and O–H groups in total. The Bertz CT molecular complexity index is 638. The fraction of sp³-hybridized carbons (Fsp3) is 0.125. The number of carbonyl (C=O) groups is 1. The van der Waals surface area contributed by atoms with Crippen LogP contribution >= 0.6 is 11.6 Å². The first-order chi connectivity index (χ1) is 9.08. The van der Waals surface area contributed by atoms with Gasteiger partial charge >= 0.3 is 0 Å². The topological polar surface area (TPSA) is 29.1 Å². The highest BCUT2D eigenvalue weighted by atomic mass is 35.5. The van der Waals surface area contributed by atoms with Crippen molar-refractivity contribution in [1.29, 1.82) is 0 Å². The Kier molecular flexibility index (Phi) is 2.83. The van der Waals surface area contributed by atoms with Crippen LogP contribution in [-0.4, -0.2) is 11.3 Å². The molecule has 1 aliphatic rings. The molecular weight excluding hydrogens is 258 g/mol. The van der Waals surface area contributed by atoms with E-state index in [1.54, 1.807) is 0 Å². The quantitative estimate of drug-likeness (QED) is 0.837. The highest BCUT2D eigenvalue weighted by Gasteiger charge is 2.39. The van der Waals surface area contributed by atoms with E-state index in [0.717, 1.165) is 11.3 Å². The van der Waals surface area contributed by atoms with E-state index in [1.807, 2.05) is 61.9 Å². The second kappa shape index (κ2) is 4.39. The Hall–Kier alpha value is -1.80. The highest BCUT2D eigenvalue weighted by molar-refractivity contribution is 6.31. The summed E-state index contributed by atoms with van der Waals surface area (Å²) in [6.45, 7) is 1.89. The zero-order valence-electron chi connectivity index (χ0n) is 10.5. The molecule has 1 heterocycles. The monoisotopic (exact) mass is 270 g/mol. The van der Waals surface area contributed by atoms with Crippen molar-refractivity contribution in [2.45, 2.75) is 12.5 Å². The number of ketones is 1. The summed E-state index contributed by atoms with van der Waals surface area (Å²) in [6.07, 6.45) is 1.95. The molecule has 0 fully saturated rings. The van der Waals surface area contributed by atoms with Crippen LogP contribution in [0.4, 0.5) is 5.69 Å². The van der Waals surface area contributed by atoms with Crippen molar-refractivity contribution >= 4 is 23.1 Å². The van der Waals surface area contributed by atoms with Gasteiger partial charge in [-0.15, -0.1) is 0 Å². The number of anilines is 1. The largest absolute Gasteiger partial charge is 0.372 e. The third-order valence-electron chi connectivity index (χ3n) is 3.36. The van der Waals surface area contributed by atoms with E-state index in [1.165, 1.54) is 0 Å². The van der Waals surface area contributed by atoms with E-state index in [0.29, 0.717) is 10.6 Å². The second-order valence-electron chi connectivity index (χ2n) is 4.90. The van der Waals surface area contributed by atoms with Crippen LogP contribution in [-0.2, 0) is 0 Å². The van der Waals surface area contributed by atoms with Crippen molar-refractivity contribution in [2.24, 2.45) is 0 Å². The molecule has 1 unspecified atom stereocenters. The number of benzene rings is 2. The molecule has 0 spiro atoms. The summed E-state index contributed by atoms with van der Waals surface area (Å²) in [5.41, 5.74) is 1.90. The zero-order valence-corrected chi connectivity index (χ0v) is 11.2. The van der Waals surface area contributed by atoms with Gasteiger partial charge in [-0.1, -0.05) is 48.0 Å². The Morgan fingerprint density at radius 3 is 2.63 bits per heavy atom. The third-order valence-corrected chi connectivity index (χ3v) is 3.60. The van der Waals surface area contributed by atoms with Gasteiger partial charge in [0, 0.05) is 22.7 Å². The van der Waals surface area contributed by atoms with Crippen LogP contribution in [0.25, 0.3) is 0 Å². The SMILES string of the molecule is CC1(C(=O)c2ccccc2)[CH]c2ccc(Cl)cc2N1. The number of nitrogens with one attached hydrogen (secondary N) is 1. The smallest absolute Gasteiger partial charge is 0.188 e. The zero-order chi connectivity index (χ0) is 13.5. The first-order valence-electron chi connectivity index (χ1n) is 6.12. The molecule has 3 heteroatoms. The van der Waals surface area contributed by atoms with Crippen LogP contribution < -0.4 is 5.32 Å². The molecule has 95 valence electrons. The highest BCUT2D eigenvalue weighted by Crippen LogP contribution is 2.37. The normalized spacial score (nSPS) is 20.7. The Morgan fingerprint density at radius 1 is 1.16 bits per heavy atom. The molecule has 2 aromatic rings. The number of fused-ring (bicyclic) bond motifs is 1. The lowest BCUT2D eigenvalue weighted by Gasteiger charge is -2.23. The standard InChI is InChI=1S/C16H13ClNO/c1-16(15(19)11-5-3-2-4-6-11)10-12-7-8-13(17)9-14(12)18-16/h2-10,18H,1H3. The first-order valence-corrected chi connectivity index (χ1v) is 6.50. The summed E-state index contributed by atoms with van der Waals surface area (Å²) in [5, 5.41) is 3.92. The number of hydrogen-bond acceptors (Lipinski definition) is 2. The van der Waals surface area contributed by atoms with Gasteiger partial charge in [0.1, 0.15) is 5.54 Å². The number of hydrogen-bond donors (Lipinski definition) is 1. The van der Waals surface area contributed by atoms with Gasteiger partial charge in [0.05, 0.1) is 0 Å². The lowest BCUT2D eigenvalue weighted by Crippen LogP contribution is -2.40. The van der Waals surface area contributed by atoms with Crippen molar-refractivity contribution in [1.82, 2.24) is 0 Å². The van der Waals surface area contributed by atoms with Gasteiger partial charge in [0.15, 0.2) is 5.78 Å². The summed E-state index contributed by atoms with van der Waals surface area (Å²) in [5.74, 6) is 0.0559. The van der Waals surface area contributed by atoms with Crippen LogP contribution in [0.5, 0.6) is 0 Å². The predicted octanol–water partition coefficient (Wildman–Crippen LogP) is 3.96.